The molecule has 1 atom stereocenters. The Morgan fingerprint density at radius 2 is 1.80 bits per heavy atom. The maximum atomic E-state index is 11.8. The number of hydrogen-bond donors (Lipinski definition) is 0. The molecule has 1 aliphatic heterocycles. The second-order valence-electron chi connectivity index (χ2n) is 3.42. The number of fused-ring (bicyclic) bond motifs is 3. The van der Waals surface area contributed by atoms with Crippen LogP contribution in [0.2, 0.25) is 0 Å². The van der Waals surface area contributed by atoms with Gasteiger partial charge in [-0.2, -0.15) is 0 Å². The molecule has 0 saturated carbocycles. The van der Waals surface area contributed by atoms with E-state index in [4.69, 9.17) is 4.18 Å². The van der Waals surface area contributed by atoms with Gasteiger partial charge < -0.3 is 4.18 Å². The van der Waals surface area contributed by atoms with Crippen molar-refractivity contribution in [2.75, 3.05) is 0 Å². The average Bonchev–Trinajstić information content (AvgIpc) is 2.68. The van der Waals surface area contributed by atoms with Crippen molar-refractivity contribution < 1.29 is 8.39 Å². The van der Waals surface area contributed by atoms with Crippen LogP contribution in [0, 0.1) is 13.8 Å². The van der Waals surface area contributed by atoms with E-state index in [-0.39, 0.29) is 0 Å². The van der Waals surface area contributed by atoms with Gasteiger partial charge in [0, 0.05) is 9.75 Å². The van der Waals surface area contributed by atoms with Crippen molar-refractivity contribution >= 4 is 33.8 Å². The standard InChI is InChI=1S/C10H8O2S3/c1-5-3-7-9(13-5)10-8(15(11)12-7)4-6(2)14-10/h3-4H,1-2H3. The summed E-state index contributed by atoms with van der Waals surface area (Å²) < 4.78 is 17.2. The Morgan fingerprint density at radius 3 is 2.60 bits per heavy atom. The topological polar surface area (TPSA) is 26.3 Å². The molecule has 0 spiro atoms. The van der Waals surface area contributed by atoms with Crippen molar-refractivity contribution in [1.29, 1.82) is 0 Å². The zero-order valence-electron chi connectivity index (χ0n) is 8.20. The molecule has 0 fully saturated rings. The van der Waals surface area contributed by atoms with Gasteiger partial charge in [0.2, 0.25) is 11.1 Å². The van der Waals surface area contributed by atoms with Crippen LogP contribution >= 0.6 is 22.7 Å². The fraction of sp³-hybridized carbons (Fsp3) is 0.200. The van der Waals surface area contributed by atoms with Gasteiger partial charge in [-0.25, -0.2) is 4.21 Å². The van der Waals surface area contributed by atoms with Gasteiger partial charge in [-0.3, -0.25) is 0 Å². The van der Waals surface area contributed by atoms with Crippen LogP contribution < -0.4 is 4.18 Å². The number of thiophene rings is 2. The summed E-state index contributed by atoms with van der Waals surface area (Å²) in [6, 6.07) is 3.91. The molecular formula is C10H8O2S3. The maximum absolute atomic E-state index is 11.8. The van der Waals surface area contributed by atoms with Crippen LogP contribution in [0.15, 0.2) is 17.0 Å². The Kier molecular flexibility index (Phi) is 2.02. The summed E-state index contributed by atoms with van der Waals surface area (Å²) in [5.74, 6) is 0.769. The Morgan fingerprint density at radius 1 is 1.13 bits per heavy atom. The third-order valence-corrected chi connectivity index (χ3v) is 5.58. The molecule has 3 rings (SSSR count). The lowest BCUT2D eigenvalue weighted by Gasteiger charge is -2.11. The fourth-order valence-electron chi connectivity index (χ4n) is 1.61. The van der Waals surface area contributed by atoms with Gasteiger partial charge in [0.15, 0.2) is 5.75 Å². The second-order valence-corrected chi connectivity index (χ2v) is 7.01. The zero-order chi connectivity index (χ0) is 10.6. The molecule has 0 aromatic carbocycles. The van der Waals surface area contributed by atoms with E-state index in [1.807, 2.05) is 26.0 Å². The van der Waals surface area contributed by atoms with Crippen LogP contribution in [-0.4, -0.2) is 4.21 Å². The summed E-state index contributed by atoms with van der Waals surface area (Å²) in [5, 5.41) is 0. The maximum Gasteiger partial charge on any atom is 0.242 e. The third kappa shape index (κ3) is 1.38. The highest BCUT2D eigenvalue weighted by Crippen LogP contribution is 2.48. The molecule has 2 aromatic heterocycles. The van der Waals surface area contributed by atoms with E-state index in [1.54, 1.807) is 22.7 Å². The molecule has 78 valence electrons. The highest BCUT2D eigenvalue weighted by Gasteiger charge is 2.27. The lowest BCUT2D eigenvalue weighted by Crippen LogP contribution is -2.04. The van der Waals surface area contributed by atoms with Gasteiger partial charge in [-0.05, 0) is 26.0 Å². The Bertz CT molecular complexity index is 565. The van der Waals surface area contributed by atoms with Gasteiger partial charge in [-0.1, -0.05) is 0 Å². The molecule has 0 N–H and O–H groups in total. The van der Waals surface area contributed by atoms with Crippen molar-refractivity contribution in [3.63, 3.8) is 0 Å². The molecule has 15 heavy (non-hydrogen) atoms. The normalized spacial score (nSPS) is 18.1. The molecule has 0 bridgehead atoms. The molecule has 1 aliphatic rings. The fourth-order valence-corrected chi connectivity index (χ4v) is 5.04. The molecule has 5 heteroatoms. The first-order valence-electron chi connectivity index (χ1n) is 4.46. The van der Waals surface area contributed by atoms with Crippen molar-refractivity contribution in [3.05, 3.63) is 21.9 Å². The summed E-state index contributed by atoms with van der Waals surface area (Å²) in [6.45, 7) is 4.07. The Balaban J connectivity index is 2.33. The summed E-state index contributed by atoms with van der Waals surface area (Å²) in [7, 11) is 0. The molecule has 0 radical (unpaired) electrons. The molecule has 2 nitrogen and oxygen atoms in total. The van der Waals surface area contributed by atoms with Gasteiger partial charge >= 0.3 is 0 Å². The van der Waals surface area contributed by atoms with Gasteiger partial charge in [0.05, 0.1) is 14.6 Å². The summed E-state index contributed by atoms with van der Waals surface area (Å²) in [5.41, 5.74) is 0. The highest BCUT2D eigenvalue weighted by atomic mass is 32.2. The molecule has 1 unspecified atom stereocenters. The Labute approximate surface area is 98.2 Å². The third-order valence-electron chi connectivity index (χ3n) is 2.19. The molecule has 0 saturated heterocycles. The lowest BCUT2D eigenvalue weighted by molar-refractivity contribution is 0.561. The smallest absolute Gasteiger partial charge is 0.242 e. The summed E-state index contributed by atoms with van der Waals surface area (Å²) in [4.78, 5) is 5.43. The van der Waals surface area contributed by atoms with Gasteiger partial charge in [0.1, 0.15) is 0 Å². The van der Waals surface area contributed by atoms with E-state index in [2.05, 4.69) is 0 Å². The first-order valence-corrected chi connectivity index (χ1v) is 7.17. The summed E-state index contributed by atoms with van der Waals surface area (Å²) in [6.07, 6.45) is 0. The van der Waals surface area contributed by atoms with Crippen molar-refractivity contribution in [1.82, 2.24) is 0 Å². The van der Waals surface area contributed by atoms with E-state index < -0.39 is 11.1 Å². The number of aryl methyl sites for hydroxylation is 2. The minimum Gasteiger partial charge on any atom is -0.395 e. The number of hydrogen-bond acceptors (Lipinski definition) is 4. The van der Waals surface area contributed by atoms with Crippen LogP contribution in [0.3, 0.4) is 0 Å². The molecule has 3 heterocycles. The van der Waals surface area contributed by atoms with Crippen LogP contribution in [0.25, 0.3) is 9.75 Å². The van der Waals surface area contributed by atoms with Crippen molar-refractivity contribution in [2.24, 2.45) is 0 Å². The van der Waals surface area contributed by atoms with E-state index in [1.165, 1.54) is 9.75 Å². The molecule has 2 aromatic rings. The second kappa shape index (κ2) is 3.17. The monoisotopic (exact) mass is 256 g/mol. The van der Waals surface area contributed by atoms with E-state index in [0.717, 1.165) is 20.4 Å². The summed E-state index contributed by atoms with van der Waals surface area (Å²) >= 11 is 2.06. The van der Waals surface area contributed by atoms with Gasteiger partial charge in [-0.15, -0.1) is 22.7 Å². The average molecular weight is 256 g/mol. The van der Waals surface area contributed by atoms with Crippen LogP contribution in [0.4, 0.5) is 0 Å². The minimum atomic E-state index is -1.33. The van der Waals surface area contributed by atoms with Gasteiger partial charge in [0.25, 0.3) is 0 Å². The zero-order valence-corrected chi connectivity index (χ0v) is 10.6. The van der Waals surface area contributed by atoms with Crippen molar-refractivity contribution in [3.8, 4) is 15.5 Å². The van der Waals surface area contributed by atoms with Crippen LogP contribution in [0.5, 0.6) is 5.75 Å². The SMILES string of the molecule is Cc1cc2c(s1)-c1sc(C)cc1S(=O)O2. The highest BCUT2D eigenvalue weighted by molar-refractivity contribution is 7.81. The quantitative estimate of drug-likeness (QED) is 0.721. The van der Waals surface area contributed by atoms with E-state index >= 15 is 0 Å². The Hall–Kier alpha value is -0.650. The van der Waals surface area contributed by atoms with Crippen LogP contribution in [0.1, 0.15) is 9.75 Å². The van der Waals surface area contributed by atoms with E-state index in [0.29, 0.717) is 0 Å². The van der Waals surface area contributed by atoms with Crippen LogP contribution in [-0.2, 0) is 11.1 Å². The first-order chi connectivity index (χ1) is 7.15. The largest absolute Gasteiger partial charge is 0.395 e. The lowest BCUT2D eigenvalue weighted by atomic mass is 10.3. The van der Waals surface area contributed by atoms with E-state index in [9.17, 15) is 4.21 Å². The predicted octanol–water partition coefficient (Wildman–Crippen LogP) is 3.51. The molecule has 0 aliphatic carbocycles. The minimum absolute atomic E-state index is 0.769. The predicted molar refractivity (Wildman–Crippen MR) is 64.1 cm³/mol. The first kappa shape index (κ1) is 9.57. The number of rotatable bonds is 0. The van der Waals surface area contributed by atoms with Crippen molar-refractivity contribution in [2.45, 2.75) is 18.7 Å². The molecule has 0 amide bonds. The molecular weight excluding hydrogens is 248 g/mol.